The summed E-state index contributed by atoms with van der Waals surface area (Å²) in [5, 5.41) is 0.565. The van der Waals surface area contributed by atoms with Gasteiger partial charge in [-0.15, -0.1) is 11.8 Å². The maximum Gasteiger partial charge on any atom is 0.337 e. The van der Waals surface area contributed by atoms with E-state index in [1.165, 1.54) is 7.11 Å². The topological polar surface area (TPSA) is 46.6 Å². The van der Waals surface area contributed by atoms with Gasteiger partial charge in [-0.05, 0) is 48.4 Å². The molecular weight excluding hydrogens is 346 g/mol. The molecule has 0 aliphatic carbocycles. The van der Waals surface area contributed by atoms with Crippen LogP contribution >= 0.6 is 23.4 Å². The van der Waals surface area contributed by atoms with Crippen LogP contribution in [0.25, 0.3) is 0 Å². The molecule has 1 heterocycles. The van der Waals surface area contributed by atoms with Crippen LogP contribution in [-0.4, -0.2) is 24.7 Å². The van der Waals surface area contributed by atoms with E-state index >= 15 is 0 Å². The number of nitrogens with zero attached hydrogens (tertiary/aromatic N) is 1. The summed E-state index contributed by atoms with van der Waals surface area (Å²) < 4.78 is 4.74. The van der Waals surface area contributed by atoms with E-state index in [1.807, 2.05) is 31.2 Å². The molecule has 0 bridgehead atoms. The van der Waals surface area contributed by atoms with Crippen molar-refractivity contribution in [2.75, 3.05) is 17.8 Å². The molecule has 1 unspecified atom stereocenters. The minimum atomic E-state index is -0.388. The molecule has 24 heavy (non-hydrogen) atoms. The number of rotatable bonds is 3. The first-order valence-corrected chi connectivity index (χ1v) is 8.82. The number of aryl methyl sites for hydroxylation is 1. The lowest BCUT2D eigenvalue weighted by Crippen LogP contribution is -2.28. The van der Waals surface area contributed by atoms with Gasteiger partial charge >= 0.3 is 5.97 Å². The van der Waals surface area contributed by atoms with Crippen molar-refractivity contribution in [2.24, 2.45) is 0 Å². The molecule has 2 aromatic rings. The minimum absolute atomic E-state index is 0.0499. The van der Waals surface area contributed by atoms with E-state index in [1.54, 1.807) is 34.9 Å². The zero-order chi connectivity index (χ0) is 17.3. The molecule has 1 amide bonds. The quantitative estimate of drug-likeness (QED) is 0.768. The van der Waals surface area contributed by atoms with Crippen molar-refractivity contribution in [3.8, 4) is 0 Å². The Balaban J connectivity index is 1.98. The third-order valence-corrected chi connectivity index (χ3v) is 5.36. The van der Waals surface area contributed by atoms with Crippen LogP contribution in [0.4, 0.5) is 5.69 Å². The van der Waals surface area contributed by atoms with E-state index in [4.69, 9.17) is 16.3 Å². The lowest BCUT2D eigenvalue weighted by atomic mass is 10.1. The van der Waals surface area contributed by atoms with Crippen LogP contribution in [0.2, 0.25) is 5.02 Å². The summed E-state index contributed by atoms with van der Waals surface area (Å²) in [4.78, 5) is 25.9. The first-order valence-electron chi connectivity index (χ1n) is 7.39. The van der Waals surface area contributed by atoms with Gasteiger partial charge in [-0.1, -0.05) is 23.7 Å². The molecule has 3 rings (SSSR count). The molecule has 1 aliphatic heterocycles. The van der Waals surface area contributed by atoms with Gasteiger partial charge in [-0.3, -0.25) is 9.69 Å². The second-order valence-corrected chi connectivity index (χ2v) is 6.98. The highest BCUT2D eigenvalue weighted by atomic mass is 35.5. The van der Waals surface area contributed by atoms with Crippen molar-refractivity contribution in [1.82, 2.24) is 0 Å². The Hall–Kier alpha value is -1.98. The van der Waals surface area contributed by atoms with Gasteiger partial charge < -0.3 is 4.74 Å². The normalized spacial score (nSPS) is 17.2. The summed E-state index contributed by atoms with van der Waals surface area (Å²) in [6.07, 6.45) is 0. The number of carbonyl (C=O) groups is 2. The van der Waals surface area contributed by atoms with Crippen molar-refractivity contribution in [3.05, 3.63) is 64.2 Å². The first kappa shape index (κ1) is 16.9. The summed E-state index contributed by atoms with van der Waals surface area (Å²) in [6.45, 7) is 1.89. The van der Waals surface area contributed by atoms with Crippen LogP contribution in [-0.2, 0) is 9.53 Å². The number of ether oxygens (including phenoxy) is 1. The van der Waals surface area contributed by atoms with Gasteiger partial charge in [-0.2, -0.15) is 0 Å². The summed E-state index contributed by atoms with van der Waals surface area (Å²) >= 11 is 7.53. The standard InChI is InChI=1S/C18H16ClNO3S/c1-11-9-13(18(22)23-2)5-8-15(11)20-16(21)10-24-17(20)12-3-6-14(19)7-4-12/h3-9,17H,10H2,1-2H3. The van der Waals surface area contributed by atoms with E-state index in [-0.39, 0.29) is 17.3 Å². The number of hydrogen-bond acceptors (Lipinski definition) is 4. The second-order valence-electron chi connectivity index (χ2n) is 5.47. The number of amides is 1. The predicted molar refractivity (Wildman–Crippen MR) is 96.7 cm³/mol. The van der Waals surface area contributed by atoms with E-state index in [9.17, 15) is 9.59 Å². The highest BCUT2D eigenvalue weighted by Crippen LogP contribution is 2.43. The fourth-order valence-corrected chi connectivity index (χ4v) is 4.02. The molecule has 0 spiro atoms. The van der Waals surface area contributed by atoms with E-state index in [0.29, 0.717) is 16.3 Å². The van der Waals surface area contributed by atoms with Gasteiger partial charge in [0.2, 0.25) is 5.91 Å². The Morgan fingerprint density at radius 2 is 1.96 bits per heavy atom. The fourth-order valence-electron chi connectivity index (χ4n) is 2.73. The molecule has 1 aliphatic rings. The van der Waals surface area contributed by atoms with Gasteiger partial charge in [0.25, 0.3) is 0 Å². The fraction of sp³-hybridized carbons (Fsp3) is 0.222. The summed E-state index contributed by atoms with van der Waals surface area (Å²) in [5.74, 6) is 0.0840. The number of thioether (sulfide) groups is 1. The molecule has 6 heteroatoms. The third-order valence-electron chi connectivity index (χ3n) is 3.90. The number of halogens is 1. The molecule has 1 atom stereocenters. The molecular formula is C18H16ClNO3S. The van der Waals surface area contributed by atoms with E-state index in [0.717, 1.165) is 16.8 Å². The summed E-state index contributed by atoms with van der Waals surface area (Å²) in [5.41, 5.74) is 3.15. The Kier molecular flexibility index (Phi) is 4.83. The number of esters is 1. The predicted octanol–water partition coefficient (Wildman–Crippen LogP) is 4.21. The van der Waals surface area contributed by atoms with Crippen molar-refractivity contribution < 1.29 is 14.3 Å². The molecule has 124 valence electrons. The molecule has 1 saturated heterocycles. The zero-order valence-electron chi connectivity index (χ0n) is 13.3. The number of hydrogen-bond donors (Lipinski definition) is 0. The smallest absolute Gasteiger partial charge is 0.337 e. The molecule has 2 aromatic carbocycles. The SMILES string of the molecule is COC(=O)c1ccc(N2C(=O)CSC2c2ccc(Cl)cc2)c(C)c1. The van der Waals surface area contributed by atoms with Crippen LogP contribution in [0.15, 0.2) is 42.5 Å². The molecule has 4 nitrogen and oxygen atoms in total. The molecule has 0 aromatic heterocycles. The average Bonchev–Trinajstić information content (AvgIpc) is 2.96. The summed E-state index contributed by atoms with van der Waals surface area (Å²) in [7, 11) is 1.35. The van der Waals surface area contributed by atoms with Crippen molar-refractivity contribution >= 4 is 40.9 Å². The van der Waals surface area contributed by atoms with Gasteiger partial charge in [0, 0.05) is 10.7 Å². The van der Waals surface area contributed by atoms with Crippen LogP contribution in [0.3, 0.4) is 0 Å². The lowest BCUT2D eigenvalue weighted by molar-refractivity contribution is -0.115. The van der Waals surface area contributed by atoms with Crippen LogP contribution in [0.1, 0.15) is 26.9 Å². The summed E-state index contributed by atoms with van der Waals surface area (Å²) in [6, 6.07) is 12.7. The largest absolute Gasteiger partial charge is 0.465 e. The first-order chi connectivity index (χ1) is 11.5. The highest BCUT2D eigenvalue weighted by Gasteiger charge is 2.34. The van der Waals surface area contributed by atoms with Gasteiger partial charge in [-0.25, -0.2) is 4.79 Å². The minimum Gasteiger partial charge on any atom is -0.465 e. The lowest BCUT2D eigenvalue weighted by Gasteiger charge is -2.26. The maximum atomic E-state index is 12.4. The number of anilines is 1. The second kappa shape index (κ2) is 6.87. The number of methoxy groups -OCH3 is 1. The zero-order valence-corrected chi connectivity index (χ0v) is 14.9. The van der Waals surface area contributed by atoms with Crippen LogP contribution in [0, 0.1) is 6.92 Å². The molecule has 1 fully saturated rings. The van der Waals surface area contributed by atoms with Crippen LogP contribution in [0.5, 0.6) is 0 Å². The van der Waals surface area contributed by atoms with Gasteiger partial charge in [0.05, 0.1) is 18.4 Å². The van der Waals surface area contributed by atoms with Crippen molar-refractivity contribution in [3.63, 3.8) is 0 Å². The Morgan fingerprint density at radius 3 is 2.58 bits per heavy atom. The molecule has 0 N–H and O–H groups in total. The highest BCUT2D eigenvalue weighted by molar-refractivity contribution is 8.00. The van der Waals surface area contributed by atoms with E-state index in [2.05, 4.69) is 0 Å². The van der Waals surface area contributed by atoms with Crippen molar-refractivity contribution in [2.45, 2.75) is 12.3 Å². The Labute approximate surface area is 149 Å². The average molecular weight is 362 g/mol. The Bertz CT molecular complexity index is 791. The number of carbonyl (C=O) groups excluding carboxylic acids is 2. The number of benzene rings is 2. The Morgan fingerprint density at radius 1 is 1.25 bits per heavy atom. The van der Waals surface area contributed by atoms with Crippen LogP contribution < -0.4 is 4.90 Å². The monoisotopic (exact) mass is 361 g/mol. The molecule has 0 radical (unpaired) electrons. The molecule has 0 saturated carbocycles. The maximum absolute atomic E-state index is 12.4. The van der Waals surface area contributed by atoms with E-state index < -0.39 is 0 Å². The third kappa shape index (κ3) is 3.14. The van der Waals surface area contributed by atoms with Crippen molar-refractivity contribution in [1.29, 1.82) is 0 Å². The van der Waals surface area contributed by atoms with Gasteiger partial charge in [0.1, 0.15) is 5.37 Å². The van der Waals surface area contributed by atoms with Gasteiger partial charge in [0.15, 0.2) is 0 Å².